The van der Waals surface area contributed by atoms with E-state index in [9.17, 15) is 32.0 Å². The van der Waals surface area contributed by atoms with Crippen molar-refractivity contribution in [2.24, 2.45) is 5.92 Å². The highest BCUT2D eigenvalue weighted by atomic mass is 32.2. The molecule has 1 amide bonds. The molecule has 1 aromatic heterocycles. The summed E-state index contributed by atoms with van der Waals surface area (Å²) in [5.74, 6) is -3.74. The number of carboxylic acids is 1. The Morgan fingerprint density at radius 3 is 2.59 bits per heavy atom. The molecule has 3 rings (SSSR count). The second-order valence-electron chi connectivity index (χ2n) is 7.33. The predicted molar refractivity (Wildman–Crippen MR) is 109 cm³/mol. The van der Waals surface area contributed by atoms with Crippen LogP contribution in [-0.4, -0.2) is 43.5 Å². The third kappa shape index (κ3) is 5.00. The van der Waals surface area contributed by atoms with E-state index in [4.69, 9.17) is 5.11 Å². The molecule has 9 nitrogen and oxygen atoms in total. The Morgan fingerprint density at radius 1 is 1.34 bits per heavy atom. The van der Waals surface area contributed by atoms with Crippen LogP contribution in [0.1, 0.15) is 39.2 Å². The summed E-state index contributed by atoms with van der Waals surface area (Å²) in [6, 6.07) is 9.34. The van der Waals surface area contributed by atoms with Gasteiger partial charge in [-0.3, -0.25) is 9.52 Å². The van der Waals surface area contributed by atoms with Crippen molar-refractivity contribution >= 4 is 27.7 Å². The number of nitriles is 1. The van der Waals surface area contributed by atoms with Crippen LogP contribution in [0.5, 0.6) is 0 Å². The van der Waals surface area contributed by atoms with Crippen LogP contribution in [0.25, 0.3) is 0 Å². The fourth-order valence-corrected chi connectivity index (χ4v) is 4.45. The summed E-state index contributed by atoms with van der Waals surface area (Å²) in [7, 11) is -3.95. The van der Waals surface area contributed by atoms with Crippen LogP contribution in [-0.2, 0) is 20.6 Å². The lowest BCUT2D eigenvalue weighted by Crippen LogP contribution is -2.55. The molecule has 1 aromatic carbocycles. The van der Waals surface area contributed by atoms with Gasteiger partial charge in [0.2, 0.25) is 15.9 Å². The van der Waals surface area contributed by atoms with Crippen molar-refractivity contribution in [2.45, 2.75) is 19.1 Å². The summed E-state index contributed by atoms with van der Waals surface area (Å²) in [6.45, 7) is 1.68. The average molecular weight is 464 g/mol. The molecule has 1 aliphatic heterocycles. The van der Waals surface area contributed by atoms with Crippen LogP contribution >= 0.6 is 0 Å². The topological polar surface area (TPSA) is 140 Å². The molecule has 0 aliphatic carbocycles. The molecular weight excluding hydrogens is 446 g/mol. The maximum absolute atomic E-state index is 13.2. The molecule has 1 saturated heterocycles. The number of hydrogen-bond donors (Lipinski definition) is 2. The van der Waals surface area contributed by atoms with Crippen molar-refractivity contribution in [3.8, 4) is 6.07 Å². The Labute approximate surface area is 182 Å². The largest absolute Gasteiger partial charge is 0.478 e. The number of pyridine rings is 1. The number of carboxylic acid groups (broad SMARTS) is 1. The lowest BCUT2D eigenvalue weighted by Gasteiger charge is -2.39. The number of alkyl halides is 2. The number of aromatic nitrogens is 1. The molecule has 2 N–H and O–H groups in total. The van der Waals surface area contributed by atoms with Gasteiger partial charge in [0, 0.05) is 13.1 Å². The van der Waals surface area contributed by atoms with Gasteiger partial charge in [-0.05, 0) is 18.6 Å². The van der Waals surface area contributed by atoms with Crippen LogP contribution < -0.4 is 9.62 Å². The predicted octanol–water partition coefficient (Wildman–Crippen LogP) is 1.98. The third-order valence-electron chi connectivity index (χ3n) is 4.84. The number of nitrogens with zero attached hydrogens (tertiary/aromatic N) is 3. The summed E-state index contributed by atoms with van der Waals surface area (Å²) < 4.78 is 53.1. The van der Waals surface area contributed by atoms with Crippen LogP contribution in [0.2, 0.25) is 0 Å². The quantitative estimate of drug-likeness (QED) is 0.634. The van der Waals surface area contributed by atoms with Gasteiger partial charge in [0.25, 0.3) is 6.43 Å². The van der Waals surface area contributed by atoms with E-state index in [0.29, 0.717) is 5.56 Å². The van der Waals surface area contributed by atoms with E-state index in [1.807, 2.05) is 17.7 Å². The summed E-state index contributed by atoms with van der Waals surface area (Å²) in [6.07, 6.45) is -3.18. The zero-order chi connectivity index (χ0) is 23.6. The maximum Gasteiger partial charge on any atom is 0.337 e. The monoisotopic (exact) mass is 464 g/mol. The van der Waals surface area contributed by atoms with Gasteiger partial charge >= 0.3 is 5.97 Å². The zero-order valence-corrected chi connectivity index (χ0v) is 17.6. The molecule has 0 radical (unpaired) electrons. The molecule has 0 atom stereocenters. The van der Waals surface area contributed by atoms with Gasteiger partial charge in [0.05, 0.1) is 22.8 Å². The lowest BCUT2D eigenvalue weighted by molar-refractivity contribution is -0.123. The summed E-state index contributed by atoms with van der Waals surface area (Å²) in [5.41, 5.74) is -0.617. The Morgan fingerprint density at radius 2 is 2.03 bits per heavy atom. The highest BCUT2D eigenvalue weighted by molar-refractivity contribution is 7.89. The fraction of sp³-hybridized carbons (Fsp3) is 0.300. The molecule has 12 heteroatoms. The molecule has 0 spiro atoms. The number of anilines is 1. The Hall–Kier alpha value is -3.59. The minimum Gasteiger partial charge on any atom is -0.478 e. The third-order valence-corrected chi connectivity index (χ3v) is 6.06. The number of benzene rings is 1. The molecule has 1 fully saturated rings. The minimum absolute atomic E-state index is 0.0669. The Bertz CT molecular complexity index is 1220. The number of aromatic carboxylic acids is 1. The van der Waals surface area contributed by atoms with Crippen molar-refractivity contribution in [2.75, 3.05) is 18.0 Å². The molecule has 168 valence electrons. The SMILES string of the molecule is Cc1cccc(CS(=O)(=O)NC(=O)C2CN(c3nc(C(F)F)c(C(=O)O)cc3C#N)C2)c1. The summed E-state index contributed by atoms with van der Waals surface area (Å²) in [5, 5.41) is 18.3. The van der Waals surface area contributed by atoms with Crippen LogP contribution in [0.15, 0.2) is 30.3 Å². The van der Waals surface area contributed by atoms with Gasteiger partial charge < -0.3 is 10.0 Å². The number of halogens is 2. The normalized spacial score (nSPS) is 14.0. The lowest BCUT2D eigenvalue weighted by atomic mass is 9.98. The van der Waals surface area contributed by atoms with Crippen molar-refractivity contribution in [1.82, 2.24) is 9.71 Å². The number of sulfonamides is 1. The van der Waals surface area contributed by atoms with Crippen molar-refractivity contribution in [1.29, 1.82) is 5.26 Å². The molecule has 0 saturated carbocycles. The van der Waals surface area contributed by atoms with Gasteiger partial charge in [0.15, 0.2) is 0 Å². The van der Waals surface area contributed by atoms with E-state index in [1.165, 1.54) is 4.90 Å². The van der Waals surface area contributed by atoms with E-state index in [0.717, 1.165) is 11.6 Å². The molecule has 32 heavy (non-hydrogen) atoms. The summed E-state index contributed by atoms with van der Waals surface area (Å²) in [4.78, 5) is 28.5. The van der Waals surface area contributed by atoms with E-state index in [-0.39, 0.29) is 30.2 Å². The number of amides is 1. The highest BCUT2D eigenvalue weighted by Gasteiger charge is 2.37. The second kappa shape index (κ2) is 8.88. The zero-order valence-electron chi connectivity index (χ0n) is 16.7. The van der Waals surface area contributed by atoms with Gasteiger partial charge in [-0.2, -0.15) is 5.26 Å². The van der Waals surface area contributed by atoms with Crippen molar-refractivity contribution in [3.63, 3.8) is 0 Å². The molecular formula is C20H18F2N4O5S. The van der Waals surface area contributed by atoms with Crippen molar-refractivity contribution < 1.29 is 31.9 Å². The van der Waals surface area contributed by atoms with Crippen molar-refractivity contribution in [3.05, 3.63) is 58.3 Å². The maximum atomic E-state index is 13.2. The first-order chi connectivity index (χ1) is 15.0. The first-order valence-electron chi connectivity index (χ1n) is 9.32. The number of carbonyl (C=O) groups is 2. The molecule has 2 heterocycles. The average Bonchev–Trinajstić information content (AvgIpc) is 2.65. The van der Waals surface area contributed by atoms with E-state index in [2.05, 4.69) is 4.98 Å². The first kappa shape index (κ1) is 23.1. The second-order valence-corrected chi connectivity index (χ2v) is 9.05. The molecule has 2 aromatic rings. The number of hydrogen-bond acceptors (Lipinski definition) is 7. The Balaban J connectivity index is 1.70. The van der Waals surface area contributed by atoms with E-state index >= 15 is 0 Å². The van der Waals surface area contributed by atoms with Crippen LogP contribution in [0, 0.1) is 24.2 Å². The number of aryl methyl sites for hydroxylation is 1. The highest BCUT2D eigenvalue weighted by Crippen LogP contribution is 2.31. The van der Waals surface area contributed by atoms with Crippen LogP contribution in [0.4, 0.5) is 14.6 Å². The van der Waals surface area contributed by atoms with E-state index in [1.54, 1.807) is 24.3 Å². The fourth-order valence-electron chi connectivity index (χ4n) is 3.29. The van der Waals surface area contributed by atoms with Gasteiger partial charge in [-0.1, -0.05) is 29.8 Å². The standard InChI is InChI=1S/C20H18F2N4O5S/c1-11-3-2-4-12(5-11)10-32(30,31)25-19(27)14-8-26(9-14)18-13(7-23)6-15(20(28)29)16(24-18)17(21)22/h2-6,14,17H,8-10H2,1H3,(H,25,27)(H,28,29). The molecule has 0 bridgehead atoms. The van der Waals surface area contributed by atoms with Gasteiger partial charge in [-0.15, -0.1) is 0 Å². The van der Waals surface area contributed by atoms with Gasteiger partial charge in [-0.25, -0.2) is 27.0 Å². The smallest absolute Gasteiger partial charge is 0.337 e. The molecule has 0 unspecified atom stereocenters. The van der Waals surface area contributed by atoms with Gasteiger partial charge in [0.1, 0.15) is 17.6 Å². The van der Waals surface area contributed by atoms with Crippen LogP contribution in [0.3, 0.4) is 0 Å². The molecule has 1 aliphatic rings. The number of carbonyl (C=O) groups excluding carboxylic acids is 1. The number of nitrogens with one attached hydrogen (secondary N) is 1. The number of rotatable bonds is 7. The Kier molecular flexibility index (Phi) is 6.40. The van der Waals surface area contributed by atoms with E-state index < -0.39 is 45.5 Å². The summed E-state index contributed by atoms with van der Waals surface area (Å²) >= 11 is 0. The first-order valence-corrected chi connectivity index (χ1v) is 11.0. The minimum atomic E-state index is -3.95.